The van der Waals surface area contributed by atoms with Gasteiger partial charge in [0.05, 0.1) is 0 Å². The molecule has 2 heterocycles. The van der Waals surface area contributed by atoms with Gasteiger partial charge in [-0.05, 0) is 18.6 Å². The zero-order valence-corrected chi connectivity index (χ0v) is 8.92. The van der Waals surface area contributed by atoms with Gasteiger partial charge >= 0.3 is 5.97 Å². The Kier molecular flexibility index (Phi) is 3.15. The van der Waals surface area contributed by atoms with Gasteiger partial charge in [-0.25, -0.2) is 4.79 Å². The molecule has 2 N–H and O–H groups in total. The average molecular weight is 228 g/mol. The number of rotatable bonds is 4. The Morgan fingerprint density at radius 2 is 2.67 bits per heavy atom. The van der Waals surface area contributed by atoms with E-state index >= 15 is 0 Å². The van der Waals surface area contributed by atoms with Crippen LogP contribution in [0.25, 0.3) is 0 Å². The number of aromatic nitrogens is 1. The molecule has 6 heteroatoms. The molecule has 1 aliphatic heterocycles. The van der Waals surface area contributed by atoms with Gasteiger partial charge in [0.25, 0.3) is 6.01 Å². The van der Waals surface area contributed by atoms with Gasteiger partial charge < -0.3 is 14.8 Å². The van der Waals surface area contributed by atoms with Crippen LogP contribution in [0.5, 0.6) is 0 Å². The first kappa shape index (κ1) is 10.4. The molecule has 0 bridgehead atoms. The predicted molar refractivity (Wildman–Crippen MR) is 57.4 cm³/mol. The molecule has 1 atom stereocenters. The largest absolute Gasteiger partial charge is 0.476 e. The van der Waals surface area contributed by atoms with Crippen LogP contribution < -0.4 is 5.32 Å². The smallest absolute Gasteiger partial charge is 0.357 e. The number of hydrogen-bond donors (Lipinski definition) is 2. The zero-order valence-electron chi connectivity index (χ0n) is 8.10. The van der Waals surface area contributed by atoms with E-state index in [1.807, 2.05) is 11.8 Å². The minimum Gasteiger partial charge on any atom is -0.476 e. The van der Waals surface area contributed by atoms with E-state index in [-0.39, 0.29) is 5.69 Å². The highest BCUT2D eigenvalue weighted by molar-refractivity contribution is 8.00. The van der Waals surface area contributed by atoms with Gasteiger partial charge in [-0.15, -0.1) is 0 Å². The third-order valence-corrected chi connectivity index (χ3v) is 3.63. The zero-order chi connectivity index (χ0) is 10.7. The van der Waals surface area contributed by atoms with E-state index in [9.17, 15) is 4.79 Å². The predicted octanol–water partition coefficient (Wildman–Crippen LogP) is 1.68. The molecule has 1 saturated heterocycles. The first-order valence-corrected chi connectivity index (χ1v) is 5.85. The van der Waals surface area contributed by atoms with Crippen molar-refractivity contribution in [1.29, 1.82) is 0 Å². The van der Waals surface area contributed by atoms with Crippen LogP contribution in [0, 0.1) is 0 Å². The van der Waals surface area contributed by atoms with E-state index in [2.05, 4.69) is 10.3 Å². The molecule has 1 aliphatic rings. The number of anilines is 1. The molecule has 1 aromatic rings. The number of aromatic carboxylic acids is 1. The maximum Gasteiger partial charge on any atom is 0.357 e. The maximum absolute atomic E-state index is 10.5. The summed E-state index contributed by atoms with van der Waals surface area (Å²) in [5, 5.41) is 12.2. The van der Waals surface area contributed by atoms with Crippen molar-refractivity contribution in [3.63, 3.8) is 0 Å². The molecule has 1 unspecified atom stereocenters. The van der Waals surface area contributed by atoms with Crippen molar-refractivity contribution in [1.82, 2.24) is 4.98 Å². The second-order valence-corrected chi connectivity index (χ2v) is 4.77. The summed E-state index contributed by atoms with van der Waals surface area (Å²) in [7, 11) is 0. The number of carboxylic acid groups (broad SMARTS) is 1. The van der Waals surface area contributed by atoms with Gasteiger partial charge in [-0.3, -0.25) is 0 Å². The highest BCUT2D eigenvalue weighted by Gasteiger charge is 2.16. The number of hydrogen-bond acceptors (Lipinski definition) is 5. The molecule has 15 heavy (non-hydrogen) atoms. The van der Waals surface area contributed by atoms with E-state index in [4.69, 9.17) is 9.52 Å². The van der Waals surface area contributed by atoms with Crippen LogP contribution in [0.4, 0.5) is 6.01 Å². The number of nitrogens with one attached hydrogen (secondary N) is 1. The lowest BCUT2D eigenvalue weighted by atomic mass is 10.2. The monoisotopic (exact) mass is 228 g/mol. The standard InChI is InChI=1S/C9H12N2O3S/c12-8(13)7-5-14-9(11-7)10-4-6-2-1-3-15-6/h5-6H,1-4H2,(H,10,11)(H,12,13). The van der Waals surface area contributed by atoms with Crippen LogP contribution in [0.3, 0.4) is 0 Å². The summed E-state index contributed by atoms with van der Waals surface area (Å²) in [5.74, 6) is 0.139. The molecular formula is C9H12N2O3S. The molecule has 1 aromatic heterocycles. The van der Waals surface area contributed by atoms with Gasteiger partial charge in [-0.1, -0.05) is 0 Å². The fraction of sp³-hybridized carbons (Fsp3) is 0.556. The van der Waals surface area contributed by atoms with Crippen molar-refractivity contribution in [2.24, 2.45) is 0 Å². The van der Waals surface area contributed by atoms with Crippen molar-refractivity contribution >= 4 is 23.7 Å². The Balaban J connectivity index is 1.84. The normalized spacial score (nSPS) is 20.4. The second-order valence-electron chi connectivity index (χ2n) is 3.36. The van der Waals surface area contributed by atoms with Crippen LogP contribution in [-0.2, 0) is 0 Å². The van der Waals surface area contributed by atoms with Crippen LogP contribution >= 0.6 is 11.8 Å². The lowest BCUT2D eigenvalue weighted by molar-refractivity contribution is 0.0690. The summed E-state index contributed by atoms with van der Waals surface area (Å²) in [4.78, 5) is 14.3. The molecule has 1 fully saturated rings. The lowest BCUT2D eigenvalue weighted by Crippen LogP contribution is -2.13. The highest BCUT2D eigenvalue weighted by Crippen LogP contribution is 2.26. The van der Waals surface area contributed by atoms with E-state index < -0.39 is 5.97 Å². The van der Waals surface area contributed by atoms with Crippen LogP contribution in [0.1, 0.15) is 23.3 Å². The van der Waals surface area contributed by atoms with Crippen LogP contribution in [-0.4, -0.2) is 33.6 Å². The average Bonchev–Trinajstić information content (AvgIpc) is 2.86. The van der Waals surface area contributed by atoms with Crippen LogP contribution in [0.15, 0.2) is 10.7 Å². The SMILES string of the molecule is O=C(O)c1coc(NCC2CCCS2)n1. The molecule has 0 aromatic carbocycles. The molecule has 2 rings (SSSR count). The van der Waals surface area contributed by atoms with Gasteiger partial charge in [0.1, 0.15) is 6.26 Å². The molecular weight excluding hydrogens is 216 g/mol. The van der Waals surface area contributed by atoms with Gasteiger partial charge in [0.2, 0.25) is 0 Å². The molecule has 5 nitrogen and oxygen atoms in total. The number of oxazole rings is 1. The third-order valence-electron chi connectivity index (χ3n) is 2.23. The van der Waals surface area contributed by atoms with Gasteiger partial charge in [0, 0.05) is 11.8 Å². The molecule has 0 radical (unpaired) electrons. The molecule has 0 amide bonds. The Morgan fingerprint density at radius 3 is 3.27 bits per heavy atom. The number of nitrogens with zero attached hydrogens (tertiary/aromatic N) is 1. The minimum absolute atomic E-state index is 0.0587. The Bertz CT molecular complexity index is 347. The maximum atomic E-state index is 10.5. The molecule has 0 spiro atoms. The van der Waals surface area contributed by atoms with Crippen molar-refractivity contribution in [3.8, 4) is 0 Å². The molecule has 0 saturated carbocycles. The van der Waals surface area contributed by atoms with Crippen LogP contribution in [0.2, 0.25) is 0 Å². The van der Waals surface area contributed by atoms with E-state index in [0.717, 1.165) is 12.8 Å². The summed E-state index contributed by atoms with van der Waals surface area (Å²) in [5.41, 5.74) is -0.0587. The summed E-state index contributed by atoms with van der Waals surface area (Å²) < 4.78 is 4.97. The van der Waals surface area contributed by atoms with E-state index in [0.29, 0.717) is 11.3 Å². The first-order chi connectivity index (χ1) is 7.25. The first-order valence-electron chi connectivity index (χ1n) is 4.80. The van der Waals surface area contributed by atoms with Crippen molar-refractivity contribution in [3.05, 3.63) is 12.0 Å². The molecule has 82 valence electrons. The Hall–Kier alpha value is -1.17. The van der Waals surface area contributed by atoms with Crippen molar-refractivity contribution in [2.45, 2.75) is 18.1 Å². The van der Waals surface area contributed by atoms with Crippen molar-refractivity contribution < 1.29 is 14.3 Å². The third kappa shape index (κ3) is 2.65. The molecule has 0 aliphatic carbocycles. The fourth-order valence-electron chi connectivity index (χ4n) is 1.46. The number of thioether (sulfide) groups is 1. The summed E-state index contributed by atoms with van der Waals surface area (Å²) in [6, 6.07) is 0.292. The second kappa shape index (κ2) is 4.57. The van der Waals surface area contributed by atoms with E-state index in [1.54, 1.807) is 0 Å². The van der Waals surface area contributed by atoms with Crippen molar-refractivity contribution in [2.75, 3.05) is 17.6 Å². The van der Waals surface area contributed by atoms with E-state index in [1.165, 1.54) is 18.6 Å². The summed E-state index contributed by atoms with van der Waals surface area (Å²) >= 11 is 1.93. The fourth-order valence-corrected chi connectivity index (χ4v) is 2.66. The van der Waals surface area contributed by atoms with Gasteiger partial charge in [0.15, 0.2) is 5.69 Å². The lowest BCUT2D eigenvalue weighted by Gasteiger charge is -2.07. The Labute approximate surface area is 91.3 Å². The quantitative estimate of drug-likeness (QED) is 0.816. The summed E-state index contributed by atoms with van der Waals surface area (Å²) in [6.07, 6.45) is 3.60. The van der Waals surface area contributed by atoms with Gasteiger partial charge in [-0.2, -0.15) is 16.7 Å². The Morgan fingerprint density at radius 1 is 1.80 bits per heavy atom. The minimum atomic E-state index is -1.07. The highest BCUT2D eigenvalue weighted by atomic mass is 32.2. The number of carboxylic acids is 1. The summed E-state index contributed by atoms with van der Waals surface area (Å²) in [6.45, 7) is 0.782. The topological polar surface area (TPSA) is 75.4 Å². The number of carbonyl (C=O) groups is 1.